The van der Waals surface area contributed by atoms with Gasteiger partial charge >= 0.3 is 0 Å². The minimum atomic E-state index is 0.375. The van der Waals surface area contributed by atoms with Gasteiger partial charge in [0.05, 0.1) is 7.11 Å². The molecule has 19 heavy (non-hydrogen) atoms. The van der Waals surface area contributed by atoms with E-state index in [4.69, 9.17) is 10.5 Å². The molecule has 0 aromatic heterocycles. The summed E-state index contributed by atoms with van der Waals surface area (Å²) in [7, 11) is 1.74. The first-order chi connectivity index (χ1) is 9.26. The number of ether oxygens (including phenoxy) is 1. The van der Waals surface area contributed by atoms with Gasteiger partial charge in [-0.3, -0.25) is 4.90 Å². The van der Waals surface area contributed by atoms with Crippen LogP contribution < -0.4 is 10.5 Å². The van der Waals surface area contributed by atoms with Crippen LogP contribution in [0, 0.1) is 0 Å². The van der Waals surface area contributed by atoms with E-state index >= 15 is 0 Å². The van der Waals surface area contributed by atoms with Crippen molar-refractivity contribution in [2.75, 3.05) is 20.2 Å². The van der Waals surface area contributed by atoms with Crippen LogP contribution in [0.3, 0.4) is 0 Å². The Morgan fingerprint density at radius 3 is 2.95 bits per heavy atom. The summed E-state index contributed by atoms with van der Waals surface area (Å²) >= 11 is 0. The van der Waals surface area contributed by atoms with Gasteiger partial charge in [-0.15, -0.1) is 0 Å². The molecule has 1 aliphatic heterocycles. The number of benzene rings is 1. The lowest BCUT2D eigenvalue weighted by molar-refractivity contribution is 0.137. The topological polar surface area (TPSA) is 38.5 Å². The van der Waals surface area contributed by atoms with Gasteiger partial charge in [-0.05, 0) is 61.9 Å². The fourth-order valence-corrected chi connectivity index (χ4v) is 3.52. The van der Waals surface area contributed by atoms with Gasteiger partial charge in [0.15, 0.2) is 0 Å². The van der Waals surface area contributed by atoms with Crippen LogP contribution in [-0.2, 0) is 12.8 Å². The number of nitrogens with zero attached hydrogens (tertiary/aromatic N) is 1. The number of methoxy groups -OCH3 is 1. The summed E-state index contributed by atoms with van der Waals surface area (Å²) in [5.74, 6) is 0.981. The van der Waals surface area contributed by atoms with Crippen molar-refractivity contribution in [2.45, 2.75) is 44.2 Å². The Hall–Kier alpha value is -1.06. The predicted octanol–water partition coefficient (Wildman–Crippen LogP) is 1.98. The van der Waals surface area contributed by atoms with Crippen molar-refractivity contribution in [1.82, 2.24) is 4.90 Å². The highest BCUT2D eigenvalue weighted by Gasteiger charge is 2.27. The first-order valence-corrected chi connectivity index (χ1v) is 7.41. The highest BCUT2D eigenvalue weighted by atomic mass is 16.5. The fraction of sp³-hybridized carbons (Fsp3) is 0.625. The molecule has 1 saturated heterocycles. The van der Waals surface area contributed by atoms with Crippen LogP contribution in [0.5, 0.6) is 5.75 Å². The second-order valence-electron chi connectivity index (χ2n) is 5.93. The quantitative estimate of drug-likeness (QED) is 0.883. The summed E-state index contributed by atoms with van der Waals surface area (Å²) in [6.45, 7) is 2.29. The van der Waals surface area contributed by atoms with E-state index in [0.29, 0.717) is 12.1 Å². The molecule has 3 rings (SSSR count). The molecule has 2 unspecified atom stereocenters. The molecule has 3 nitrogen and oxygen atoms in total. The van der Waals surface area contributed by atoms with Gasteiger partial charge in [-0.25, -0.2) is 0 Å². The number of rotatable bonds is 2. The average Bonchev–Trinajstić information content (AvgIpc) is 2.46. The molecule has 1 aromatic carbocycles. The smallest absolute Gasteiger partial charge is 0.119 e. The summed E-state index contributed by atoms with van der Waals surface area (Å²) in [6.07, 6.45) is 6.05. The van der Waals surface area contributed by atoms with E-state index < -0.39 is 0 Å². The Morgan fingerprint density at radius 2 is 2.16 bits per heavy atom. The van der Waals surface area contributed by atoms with Gasteiger partial charge in [-0.1, -0.05) is 6.07 Å². The number of nitrogens with two attached hydrogens (primary N) is 1. The number of piperidine rings is 1. The molecule has 1 aromatic rings. The van der Waals surface area contributed by atoms with E-state index in [9.17, 15) is 0 Å². The maximum atomic E-state index is 6.11. The molecule has 3 heteroatoms. The van der Waals surface area contributed by atoms with Crippen molar-refractivity contribution < 1.29 is 4.74 Å². The third-order valence-corrected chi connectivity index (χ3v) is 4.62. The predicted molar refractivity (Wildman–Crippen MR) is 77.6 cm³/mol. The van der Waals surface area contributed by atoms with Gasteiger partial charge in [0.1, 0.15) is 5.75 Å². The summed E-state index contributed by atoms with van der Waals surface area (Å²) in [6, 6.07) is 7.57. The Bertz CT molecular complexity index is 446. The second kappa shape index (κ2) is 5.51. The van der Waals surface area contributed by atoms with Crippen molar-refractivity contribution in [3.05, 3.63) is 29.3 Å². The van der Waals surface area contributed by atoms with Crippen LogP contribution in [0.15, 0.2) is 18.2 Å². The summed E-state index contributed by atoms with van der Waals surface area (Å²) in [5, 5.41) is 0. The lowest BCUT2D eigenvalue weighted by Gasteiger charge is -2.39. The van der Waals surface area contributed by atoms with Crippen molar-refractivity contribution in [3.63, 3.8) is 0 Å². The van der Waals surface area contributed by atoms with E-state index in [-0.39, 0.29) is 0 Å². The number of hydrogen-bond acceptors (Lipinski definition) is 3. The molecule has 0 saturated carbocycles. The largest absolute Gasteiger partial charge is 0.497 e. The van der Waals surface area contributed by atoms with Gasteiger partial charge < -0.3 is 10.5 Å². The second-order valence-corrected chi connectivity index (χ2v) is 5.93. The van der Waals surface area contributed by atoms with Gasteiger partial charge in [0.25, 0.3) is 0 Å². The monoisotopic (exact) mass is 260 g/mol. The number of hydrogen-bond donors (Lipinski definition) is 1. The van der Waals surface area contributed by atoms with Crippen LogP contribution >= 0.6 is 0 Å². The van der Waals surface area contributed by atoms with Gasteiger partial charge in [0.2, 0.25) is 0 Å². The van der Waals surface area contributed by atoms with Crippen molar-refractivity contribution in [1.29, 1.82) is 0 Å². The molecule has 2 aliphatic rings. The molecule has 1 fully saturated rings. The highest BCUT2D eigenvalue weighted by molar-refractivity contribution is 5.37. The van der Waals surface area contributed by atoms with Crippen molar-refractivity contribution in [3.8, 4) is 5.75 Å². The molecular formula is C16H24N2O. The molecule has 0 spiro atoms. The molecule has 2 N–H and O–H groups in total. The zero-order valence-electron chi connectivity index (χ0n) is 11.8. The molecular weight excluding hydrogens is 236 g/mol. The first kappa shape index (κ1) is 12.9. The maximum absolute atomic E-state index is 6.11. The lowest BCUT2D eigenvalue weighted by atomic mass is 9.86. The molecule has 2 atom stereocenters. The lowest BCUT2D eigenvalue weighted by Crippen LogP contribution is -2.49. The highest BCUT2D eigenvalue weighted by Crippen LogP contribution is 2.29. The van der Waals surface area contributed by atoms with Crippen LogP contribution in [0.4, 0.5) is 0 Å². The SMILES string of the molecule is COc1ccc2c(c1)CC(N1CCCC(N)C1)CC2. The zero-order chi connectivity index (χ0) is 13.2. The normalized spacial score (nSPS) is 27.9. The average molecular weight is 260 g/mol. The summed E-state index contributed by atoms with van der Waals surface area (Å²) < 4.78 is 5.34. The minimum absolute atomic E-state index is 0.375. The van der Waals surface area contributed by atoms with E-state index in [1.54, 1.807) is 7.11 Å². The first-order valence-electron chi connectivity index (χ1n) is 7.41. The molecule has 1 aliphatic carbocycles. The number of fused-ring (bicyclic) bond motifs is 1. The third kappa shape index (κ3) is 2.77. The molecule has 0 radical (unpaired) electrons. The molecule has 1 heterocycles. The Labute approximate surface area is 115 Å². The Balaban J connectivity index is 1.73. The van der Waals surface area contributed by atoms with E-state index in [1.165, 1.54) is 43.4 Å². The van der Waals surface area contributed by atoms with Crippen LogP contribution in [0.2, 0.25) is 0 Å². The molecule has 0 amide bonds. The molecule has 104 valence electrons. The van der Waals surface area contributed by atoms with E-state index in [1.807, 2.05) is 0 Å². The van der Waals surface area contributed by atoms with Crippen LogP contribution in [0.1, 0.15) is 30.4 Å². The van der Waals surface area contributed by atoms with Crippen molar-refractivity contribution >= 4 is 0 Å². The molecule has 0 bridgehead atoms. The maximum Gasteiger partial charge on any atom is 0.119 e. The summed E-state index contributed by atoms with van der Waals surface area (Å²) in [4.78, 5) is 2.61. The number of aryl methyl sites for hydroxylation is 1. The Morgan fingerprint density at radius 1 is 1.26 bits per heavy atom. The van der Waals surface area contributed by atoms with Crippen LogP contribution in [0.25, 0.3) is 0 Å². The van der Waals surface area contributed by atoms with E-state index in [0.717, 1.165) is 18.7 Å². The third-order valence-electron chi connectivity index (χ3n) is 4.62. The van der Waals surface area contributed by atoms with Gasteiger partial charge in [0, 0.05) is 18.6 Å². The van der Waals surface area contributed by atoms with Crippen molar-refractivity contribution in [2.24, 2.45) is 5.73 Å². The van der Waals surface area contributed by atoms with Gasteiger partial charge in [-0.2, -0.15) is 0 Å². The number of likely N-dealkylation sites (tertiary alicyclic amines) is 1. The van der Waals surface area contributed by atoms with Crippen LogP contribution in [-0.4, -0.2) is 37.2 Å². The van der Waals surface area contributed by atoms with E-state index in [2.05, 4.69) is 23.1 Å². The minimum Gasteiger partial charge on any atom is -0.497 e. The zero-order valence-corrected chi connectivity index (χ0v) is 11.8. The Kier molecular flexibility index (Phi) is 3.76. The standard InChI is InChI=1S/C16H24N2O/c1-19-16-7-5-12-4-6-15(9-13(12)10-16)18-8-2-3-14(17)11-18/h5,7,10,14-15H,2-4,6,8-9,11,17H2,1H3. The fourth-order valence-electron chi connectivity index (χ4n) is 3.52. The summed E-state index contributed by atoms with van der Waals surface area (Å²) in [5.41, 5.74) is 9.08.